The molecule has 5 nitrogen and oxygen atoms in total. The minimum atomic E-state index is -0.973. The van der Waals surface area contributed by atoms with Gasteiger partial charge in [0.1, 0.15) is 6.10 Å². The summed E-state index contributed by atoms with van der Waals surface area (Å²) in [4.78, 5) is 26.5. The first-order chi connectivity index (χ1) is 17.8. The Morgan fingerprint density at radius 3 is 1.95 bits per heavy atom. The van der Waals surface area contributed by atoms with Crippen LogP contribution in [0.1, 0.15) is 72.7 Å². The Kier molecular flexibility index (Phi) is 8.91. The van der Waals surface area contributed by atoms with Crippen LogP contribution in [-0.2, 0) is 14.9 Å². The van der Waals surface area contributed by atoms with Gasteiger partial charge in [0, 0.05) is 25.1 Å². The number of ether oxygens (including phenoxy) is 1. The highest BCUT2D eigenvalue weighted by atomic mass is 16.5. The van der Waals surface area contributed by atoms with Crippen LogP contribution < -0.4 is 0 Å². The van der Waals surface area contributed by atoms with Crippen LogP contribution in [0.2, 0.25) is 0 Å². The number of carbonyl (C=O) groups excluding carboxylic acids is 1. The Hall–Kier alpha value is -3.28. The number of benzene rings is 3. The summed E-state index contributed by atoms with van der Waals surface area (Å²) in [5.74, 6) is -0.775. The predicted molar refractivity (Wildman–Crippen MR) is 146 cm³/mol. The minimum absolute atomic E-state index is 0.0657. The lowest BCUT2D eigenvalue weighted by atomic mass is 9.84. The summed E-state index contributed by atoms with van der Waals surface area (Å²) in [6, 6.07) is 27.8. The number of ketones is 1. The van der Waals surface area contributed by atoms with Crippen molar-refractivity contribution in [2.75, 3.05) is 19.6 Å². The van der Waals surface area contributed by atoms with Crippen molar-refractivity contribution >= 4 is 11.8 Å². The van der Waals surface area contributed by atoms with Crippen LogP contribution >= 0.6 is 0 Å². The number of hydrogen-bond acceptors (Lipinski definition) is 4. The van der Waals surface area contributed by atoms with E-state index < -0.39 is 11.4 Å². The van der Waals surface area contributed by atoms with E-state index in [1.54, 1.807) is 38.1 Å². The molecule has 1 saturated heterocycles. The van der Waals surface area contributed by atoms with Gasteiger partial charge in [0.25, 0.3) is 0 Å². The van der Waals surface area contributed by atoms with E-state index in [2.05, 4.69) is 53.4 Å². The number of likely N-dealkylation sites (tertiary alicyclic amines) is 1. The van der Waals surface area contributed by atoms with E-state index in [9.17, 15) is 14.7 Å². The third-order valence-corrected chi connectivity index (χ3v) is 7.41. The Balaban J connectivity index is 1.24. The van der Waals surface area contributed by atoms with Gasteiger partial charge in [0.2, 0.25) is 0 Å². The molecule has 0 aromatic heterocycles. The molecule has 1 aliphatic heterocycles. The maximum atomic E-state index is 12.7. The van der Waals surface area contributed by atoms with E-state index in [0.29, 0.717) is 17.5 Å². The number of rotatable bonds is 11. The number of carbonyl (C=O) groups is 2. The second-order valence-corrected chi connectivity index (χ2v) is 10.4. The van der Waals surface area contributed by atoms with Gasteiger partial charge in [-0.2, -0.15) is 0 Å². The molecule has 0 amide bonds. The quantitative estimate of drug-likeness (QED) is 0.311. The molecule has 1 unspecified atom stereocenters. The Bertz CT molecular complexity index is 1110. The second-order valence-electron chi connectivity index (χ2n) is 10.4. The molecule has 0 spiro atoms. The molecule has 0 radical (unpaired) electrons. The average Bonchev–Trinajstić information content (AvgIpc) is 2.93. The molecular weight excluding hydrogens is 468 g/mol. The summed E-state index contributed by atoms with van der Waals surface area (Å²) >= 11 is 0. The molecule has 1 fully saturated rings. The fraction of sp³-hybridized carbons (Fsp3) is 0.375. The van der Waals surface area contributed by atoms with Gasteiger partial charge < -0.3 is 14.7 Å². The van der Waals surface area contributed by atoms with Crippen molar-refractivity contribution in [2.24, 2.45) is 0 Å². The lowest BCUT2D eigenvalue weighted by Gasteiger charge is -2.34. The molecule has 5 heteroatoms. The fourth-order valence-corrected chi connectivity index (χ4v) is 4.87. The summed E-state index contributed by atoms with van der Waals surface area (Å²) < 4.78 is 6.64. The first kappa shape index (κ1) is 26.8. The number of aliphatic carboxylic acids is 1. The van der Waals surface area contributed by atoms with Gasteiger partial charge in [0.05, 0.1) is 11.5 Å². The minimum Gasteiger partial charge on any atom is -0.481 e. The molecule has 0 aliphatic carbocycles. The molecular formula is C32H37NO4. The van der Waals surface area contributed by atoms with E-state index in [1.807, 2.05) is 12.1 Å². The molecule has 0 bridgehead atoms. The topological polar surface area (TPSA) is 66.8 Å². The second kappa shape index (κ2) is 12.3. The van der Waals surface area contributed by atoms with Crippen LogP contribution in [0.5, 0.6) is 0 Å². The van der Waals surface area contributed by atoms with Crippen molar-refractivity contribution in [1.29, 1.82) is 0 Å². The zero-order valence-electron chi connectivity index (χ0n) is 21.8. The number of nitrogens with zero attached hydrogens (tertiary/aromatic N) is 1. The first-order valence-corrected chi connectivity index (χ1v) is 13.2. The van der Waals surface area contributed by atoms with E-state index in [1.165, 1.54) is 11.1 Å². The summed E-state index contributed by atoms with van der Waals surface area (Å²) in [5, 5.41) is 9.40. The van der Waals surface area contributed by atoms with Gasteiger partial charge in [-0.25, -0.2) is 0 Å². The van der Waals surface area contributed by atoms with E-state index in [4.69, 9.17) is 4.74 Å². The van der Waals surface area contributed by atoms with Crippen LogP contribution in [0, 0.1) is 0 Å². The zero-order valence-corrected chi connectivity index (χ0v) is 21.8. The van der Waals surface area contributed by atoms with Crippen molar-refractivity contribution in [3.8, 4) is 0 Å². The molecule has 1 atom stereocenters. The molecule has 3 aromatic rings. The van der Waals surface area contributed by atoms with E-state index >= 15 is 0 Å². The standard InChI is InChI=1S/C32H37NO4/c1-32(2,31(35)36)27-17-15-24(16-18-27)29(34)14-9-21-33-22-19-28(20-23-33)37-30(25-10-5-3-6-11-25)26-12-7-4-8-13-26/h3-8,10-13,15-18,28,30H,9,14,19-23H2,1-2H3,(H,35,36)/i3+1,5+1,6+1,10+1,11+1,25+1. The van der Waals surface area contributed by atoms with Gasteiger partial charge in [-0.05, 0) is 56.3 Å². The Morgan fingerprint density at radius 2 is 1.43 bits per heavy atom. The summed E-state index contributed by atoms with van der Waals surface area (Å²) in [7, 11) is 0. The molecule has 3 aromatic carbocycles. The SMILES string of the molecule is CC(C)(C(=O)O)c1ccc(C(=O)CCCN2CCC(OC(c3ccccc3)[13c]3[13cH][13cH][13cH][13cH][13cH]3)CC2)cc1. The monoisotopic (exact) mass is 505 g/mol. The van der Waals surface area contributed by atoms with E-state index in [-0.39, 0.29) is 18.0 Å². The number of hydrogen-bond donors (Lipinski definition) is 1. The molecule has 1 aliphatic rings. The van der Waals surface area contributed by atoms with Gasteiger partial charge in [-0.1, -0.05) is 84.9 Å². The van der Waals surface area contributed by atoms with Gasteiger partial charge in [-0.3, -0.25) is 9.59 Å². The molecule has 194 valence electrons. The normalized spacial score (nSPS) is 15.8. The maximum absolute atomic E-state index is 12.7. The highest BCUT2D eigenvalue weighted by molar-refractivity contribution is 5.96. The molecule has 37 heavy (non-hydrogen) atoms. The smallest absolute Gasteiger partial charge is 0.313 e. The third kappa shape index (κ3) is 6.94. The largest absolute Gasteiger partial charge is 0.481 e. The molecule has 0 saturated carbocycles. The van der Waals surface area contributed by atoms with Crippen molar-refractivity contribution in [2.45, 2.75) is 57.2 Å². The lowest BCUT2D eigenvalue weighted by Crippen LogP contribution is -2.38. The third-order valence-electron chi connectivity index (χ3n) is 7.41. The van der Waals surface area contributed by atoms with Crippen molar-refractivity contribution in [3.63, 3.8) is 0 Å². The fourth-order valence-electron chi connectivity index (χ4n) is 4.87. The van der Waals surface area contributed by atoms with Crippen LogP contribution in [-0.4, -0.2) is 47.5 Å². The Labute approximate surface area is 220 Å². The molecule has 4 rings (SSSR count). The zero-order chi connectivity index (χ0) is 26.3. The average molecular weight is 506 g/mol. The van der Waals surface area contributed by atoms with Gasteiger partial charge in [0.15, 0.2) is 5.78 Å². The number of carboxylic acids is 1. The summed E-state index contributed by atoms with van der Waals surface area (Å²) in [6.45, 7) is 6.17. The number of carboxylic acid groups (broad SMARTS) is 1. The first-order valence-electron chi connectivity index (χ1n) is 13.2. The summed E-state index contributed by atoms with van der Waals surface area (Å²) in [5.41, 5.74) is 2.72. The number of Topliss-reactive ketones (excluding diaryl/α,β-unsaturated/α-hetero) is 1. The van der Waals surface area contributed by atoms with Crippen molar-refractivity contribution < 1.29 is 19.4 Å². The molecule has 1 N–H and O–H groups in total. The van der Waals surface area contributed by atoms with E-state index in [0.717, 1.165) is 38.9 Å². The predicted octanol–water partition coefficient (Wildman–Crippen LogP) is 6.28. The highest BCUT2D eigenvalue weighted by Gasteiger charge is 2.29. The highest BCUT2D eigenvalue weighted by Crippen LogP contribution is 2.30. The van der Waals surface area contributed by atoms with Crippen molar-refractivity contribution in [1.82, 2.24) is 4.90 Å². The van der Waals surface area contributed by atoms with Gasteiger partial charge in [-0.15, -0.1) is 0 Å². The van der Waals surface area contributed by atoms with Crippen LogP contribution in [0.3, 0.4) is 0 Å². The Morgan fingerprint density at radius 1 is 0.892 bits per heavy atom. The summed E-state index contributed by atoms with van der Waals surface area (Å²) in [6.07, 6.45) is 3.39. The van der Waals surface area contributed by atoms with Crippen LogP contribution in [0.4, 0.5) is 0 Å². The van der Waals surface area contributed by atoms with Crippen LogP contribution in [0.25, 0.3) is 0 Å². The maximum Gasteiger partial charge on any atom is 0.313 e. The molecule has 1 heterocycles. The number of piperidine rings is 1. The van der Waals surface area contributed by atoms with Crippen molar-refractivity contribution in [3.05, 3.63) is 107 Å². The van der Waals surface area contributed by atoms with Gasteiger partial charge >= 0.3 is 5.97 Å². The van der Waals surface area contributed by atoms with Crippen LogP contribution in [0.15, 0.2) is 84.9 Å². The lowest BCUT2D eigenvalue weighted by molar-refractivity contribution is -0.142.